The van der Waals surface area contributed by atoms with Crippen LogP contribution >= 0.6 is 0 Å². The maximum Gasteiger partial charge on any atom is 0.282 e. The standard InChI is InChI=1S/C17H10N4O/c18-9-11-5-7-12(8-6-11)21-17(22)14-10-19-15-4-2-1-3-13(15)16(14)20-21/h1-8,10,19H. The van der Waals surface area contributed by atoms with Crippen LogP contribution in [-0.2, 0) is 0 Å². The van der Waals surface area contributed by atoms with E-state index in [1.807, 2.05) is 24.3 Å². The van der Waals surface area contributed by atoms with Gasteiger partial charge in [0.15, 0.2) is 0 Å². The number of H-pyrrole nitrogens is 1. The van der Waals surface area contributed by atoms with Crippen molar-refractivity contribution >= 4 is 10.9 Å². The van der Waals surface area contributed by atoms with E-state index in [9.17, 15) is 4.79 Å². The van der Waals surface area contributed by atoms with E-state index in [2.05, 4.69) is 16.2 Å². The topological polar surface area (TPSA) is 74.5 Å². The number of para-hydroxylation sites is 1. The molecule has 5 heteroatoms. The number of aromatic nitrogens is 3. The predicted molar refractivity (Wildman–Crippen MR) is 83.0 cm³/mol. The van der Waals surface area contributed by atoms with Gasteiger partial charge in [-0.2, -0.15) is 15.0 Å². The molecule has 2 heterocycles. The third-order valence-corrected chi connectivity index (χ3v) is 3.67. The first-order chi connectivity index (χ1) is 10.8. The molecule has 0 aliphatic carbocycles. The SMILES string of the molecule is N#Cc1ccc(-n2nc3c4ccccc4[nH]cc-3c2=O)cc1. The van der Waals surface area contributed by atoms with Gasteiger partial charge in [0.2, 0.25) is 0 Å². The highest BCUT2D eigenvalue weighted by molar-refractivity contribution is 5.93. The Morgan fingerprint density at radius 3 is 2.64 bits per heavy atom. The number of hydrogen-bond acceptors (Lipinski definition) is 3. The maximum atomic E-state index is 12.5. The van der Waals surface area contributed by atoms with Gasteiger partial charge in [-0.3, -0.25) is 4.79 Å². The summed E-state index contributed by atoms with van der Waals surface area (Å²) in [5, 5.41) is 14.2. The summed E-state index contributed by atoms with van der Waals surface area (Å²) >= 11 is 0. The maximum absolute atomic E-state index is 12.5. The molecule has 2 aromatic rings. The van der Waals surface area contributed by atoms with Crippen LogP contribution in [0.5, 0.6) is 0 Å². The lowest BCUT2D eigenvalue weighted by Crippen LogP contribution is -2.14. The van der Waals surface area contributed by atoms with Gasteiger partial charge in [0.1, 0.15) is 5.69 Å². The minimum absolute atomic E-state index is 0.179. The summed E-state index contributed by atoms with van der Waals surface area (Å²) in [6.07, 6.45) is 1.69. The van der Waals surface area contributed by atoms with Crippen molar-refractivity contribution in [3.05, 3.63) is 70.6 Å². The van der Waals surface area contributed by atoms with E-state index < -0.39 is 0 Å². The van der Waals surface area contributed by atoms with Crippen LogP contribution in [0.2, 0.25) is 0 Å². The van der Waals surface area contributed by atoms with Gasteiger partial charge in [-0.05, 0) is 30.3 Å². The van der Waals surface area contributed by atoms with E-state index in [1.54, 1.807) is 30.5 Å². The molecule has 5 nitrogen and oxygen atoms in total. The Balaban J connectivity index is 2.01. The molecular weight excluding hydrogens is 276 g/mol. The molecule has 0 saturated heterocycles. The van der Waals surface area contributed by atoms with Crippen molar-refractivity contribution in [3.8, 4) is 23.0 Å². The van der Waals surface area contributed by atoms with Crippen LogP contribution in [0, 0.1) is 11.3 Å². The summed E-state index contributed by atoms with van der Waals surface area (Å²) in [6.45, 7) is 0. The molecule has 104 valence electrons. The Morgan fingerprint density at radius 2 is 1.86 bits per heavy atom. The number of nitrogens with zero attached hydrogens (tertiary/aromatic N) is 3. The fourth-order valence-electron chi connectivity index (χ4n) is 2.56. The number of nitrogens with one attached hydrogen (secondary N) is 1. The molecule has 0 aromatic heterocycles. The molecule has 4 rings (SSSR count). The normalized spacial score (nSPS) is 10.9. The lowest BCUT2D eigenvalue weighted by molar-refractivity contribution is 0.859. The molecule has 0 saturated carbocycles. The summed E-state index contributed by atoms with van der Waals surface area (Å²) in [5.74, 6) is 0. The molecule has 22 heavy (non-hydrogen) atoms. The number of aromatic amines is 1. The fraction of sp³-hybridized carbons (Fsp3) is 0. The third kappa shape index (κ3) is 1.71. The van der Waals surface area contributed by atoms with Crippen molar-refractivity contribution in [1.82, 2.24) is 14.8 Å². The van der Waals surface area contributed by atoms with E-state index in [0.29, 0.717) is 22.5 Å². The molecule has 0 fully saturated rings. The highest BCUT2D eigenvalue weighted by Crippen LogP contribution is 2.25. The van der Waals surface area contributed by atoms with Crippen LogP contribution in [0.3, 0.4) is 0 Å². The van der Waals surface area contributed by atoms with Gasteiger partial charge in [0, 0.05) is 17.1 Å². The quantitative estimate of drug-likeness (QED) is 0.584. The molecule has 0 radical (unpaired) electrons. The number of nitriles is 1. The Kier molecular flexibility index (Phi) is 2.57. The second-order valence-electron chi connectivity index (χ2n) is 4.97. The van der Waals surface area contributed by atoms with Gasteiger partial charge < -0.3 is 4.98 Å². The second-order valence-corrected chi connectivity index (χ2v) is 4.97. The Hall–Kier alpha value is -3.39. The number of rotatable bonds is 1. The zero-order valence-electron chi connectivity index (χ0n) is 11.4. The molecule has 0 bridgehead atoms. The molecule has 2 aliphatic rings. The average molecular weight is 286 g/mol. The Bertz CT molecular complexity index is 1050. The van der Waals surface area contributed by atoms with Crippen molar-refractivity contribution in [2.45, 2.75) is 0 Å². The van der Waals surface area contributed by atoms with Gasteiger partial charge in [-0.25, -0.2) is 0 Å². The van der Waals surface area contributed by atoms with E-state index >= 15 is 0 Å². The Morgan fingerprint density at radius 1 is 1.09 bits per heavy atom. The minimum atomic E-state index is -0.179. The Labute approximate surface area is 125 Å². The molecule has 2 aromatic carbocycles. The predicted octanol–water partition coefficient (Wildman–Crippen LogP) is 2.69. The lowest BCUT2D eigenvalue weighted by Gasteiger charge is -2.01. The van der Waals surface area contributed by atoms with Gasteiger partial charge in [0.05, 0.1) is 22.9 Å². The van der Waals surface area contributed by atoms with Crippen molar-refractivity contribution in [3.63, 3.8) is 0 Å². The molecule has 0 unspecified atom stereocenters. The van der Waals surface area contributed by atoms with Crippen LogP contribution in [0.4, 0.5) is 0 Å². The summed E-state index contributed by atoms with van der Waals surface area (Å²) in [6, 6.07) is 16.6. The summed E-state index contributed by atoms with van der Waals surface area (Å²) < 4.78 is 1.37. The number of fused-ring (bicyclic) bond motifs is 3. The van der Waals surface area contributed by atoms with Crippen molar-refractivity contribution in [2.75, 3.05) is 0 Å². The molecule has 0 atom stereocenters. The summed E-state index contributed by atoms with van der Waals surface area (Å²) in [7, 11) is 0. The smallest absolute Gasteiger partial charge is 0.282 e. The van der Waals surface area contributed by atoms with Crippen molar-refractivity contribution in [2.24, 2.45) is 0 Å². The van der Waals surface area contributed by atoms with E-state index in [-0.39, 0.29) is 5.56 Å². The third-order valence-electron chi connectivity index (χ3n) is 3.67. The van der Waals surface area contributed by atoms with Gasteiger partial charge in [-0.15, -0.1) is 0 Å². The highest BCUT2D eigenvalue weighted by Gasteiger charge is 2.18. The van der Waals surface area contributed by atoms with Gasteiger partial charge in [-0.1, -0.05) is 18.2 Å². The first-order valence-corrected chi connectivity index (χ1v) is 6.77. The van der Waals surface area contributed by atoms with Crippen molar-refractivity contribution < 1.29 is 0 Å². The number of benzene rings is 2. The molecule has 2 aliphatic heterocycles. The largest absolute Gasteiger partial charge is 0.360 e. The summed E-state index contributed by atoms with van der Waals surface area (Å²) in [5.41, 5.74) is 3.16. The van der Waals surface area contributed by atoms with Crippen LogP contribution in [0.25, 0.3) is 27.8 Å². The highest BCUT2D eigenvalue weighted by atomic mass is 16.1. The summed E-state index contributed by atoms with van der Waals surface area (Å²) in [4.78, 5) is 15.7. The number of pyridine rings is 1. The van der Waals surface area contributed by atoms with Gasteiger partial charge in [0.25, 0.3) is 5.56 Å². The monoisotopic (exact) mass is 286 g/mol. The average Bonchev–Trinajstić information content (AvgIpc) is 2.92. The van der Waals surface area contributed by atoms with Crippen LogP contribution in [-0.4, -0.2) is 14.8 Å². The van der Waals surface area contributed by atoms with Crippen LogP contribution in [0.1, 0.15) is 5.56 Å². The lowest BCUT2D eigenvalue weighted by atomic mass is 10.1. The second kappa shape index (κ2) is 4.57. The zero-order valence-corrected chi connectivity index (χ0v) is 11.4. The van der Waals surface area contributed by atoms with Gasteiger partial charge >= 0.3 is 0 Å². The first kappa shape index (κ1) is 12.4. The van der Waals surface area contributed by atoms with Crippen LogP contribution in [0.15, 0.2) is 59.5 Å². The molecule has 0 spiro atoms. The van der Waals surface area contributed by atoms with E-state index in [4.69, 9.17) is 5.26 Å². The number of hydrogen-bond donors (Lipinski definition) is 1. The minimum Gasteiger partial charge on any atom is -0.360 e. The fourth-order valence-corrected chi connectivity index (χ4v) is 2.56. The van der Waals surface area contributed by atoms with E-state index in [0.717, 1.165) is 10.9 Å². The van der Waals surface area contributed by atoms with Crippen molar-refractivity contribution in [1.29, 1.82) is 5.26 Å². The molecule has 0 amide bonds. The first-order valence-electron chi connectivity index (χ1n) is 6.77. The molecular formula is C17H10N4O. The van der Waals surface area contributed by atoms with Crippen LogP contribution < -0.4 is 5.56 Å². The van der Waals surface area contributed by atoms with E-state index in [1.165, 1.54) is 4.68 Å². The zero-order chi connectivity index (χ0) is 15.1. The molecule has 1 N–H and O–H groups in total.